The first-order valence-corrected chi connectivity index (χ1v) is 8.17. The van der Waals surface area contributed by atoms with Crippen molar-refractivity contribution in [2.45, 2.75) is 25.5 Å². The number of hydrogen-bond donors (Lipinski definition) is 1. The Morgan fingerprint density at radius 1 is 1.40 bits per heavy atom. The zero-order valence-corrected chi connectivity index (χ0v) is 12.4. The van der Waals surface area contributed by atoms with Crippen LogP contribution in [0.15, 0.2) is 28.3 Å². The Hall–Kier alpha value is -1.67. The highest BCUT2D eigenvalue weighted by molar-refractivity contribution is 8.13. The van der Waals surface area contributed by atoms with Gasteiger partial charge in [-0.05, 0) is 12.0 Å². The minimum atomic E-state index is -4.00. The van der Waals surface area contributed by atoms with Crippen LogP contribution in [0.5, 0.6) is 0 Å². The number of H-pyrrole nitrogens is 1. The molecule has 108 valence electrons. The molecular weight excluding hydrogens is 304 g/mol. The molecule has 2 aromatic rings. The number of rotatable bonds is 4. The Kier molecular flexibility index (Phi) is 3.96. The van der Waals surface area contributed by atoms with Crippen molar-refractivity contribution in [2.24, 2.45) is 5.92 Å². The summed E-state index contributed by atoms with van der Waals surface area (Å²) in [6.07, 6.45) is 1.46. The van der Waals surface area contributed by atoms with Crippen LogP contribution >= 0.6 is 10.7 Å². The van der Waals surface area contributed by atoms with E-state index >= 15 is 0 Å². The number of pyridine rings is 1. The molecule has 2 aromatic heterocycles. The van der Waals surface area contributed by atoms with Gasteiger partial charge in [0.2, 0.25) is 5.56 Å². The standard InChI is InChI=1S/C11H13ClN4O3S/c1-7(2)6-16-10(8-3-4-13-9(17)5-8)14-15-11(16)20(12,18)19/h3-5,7H,6H2,1-2H3,(H,13,17). The van der Waals surface area contributed by atoms with Gasteiger partial charge in [-0.25, -0.2) is 8.42 Å². The molecule has 0 radical (unpaired) electrons. The number of nitrogens with one attached hydrogen (secondary N) is 1. The quantitative estimate of drug-likeness (QED) is 0.855. The summed E-state index contributed by atoms with van der Waals surface area (Å²) in [4.78, 5) is 13.8. The molecule has 9 heteroatoms. The van der Waals surface area contributed by atoms with Crippen LogP contribution in [0.25, 0.3) is 11.4 Å². The molecule has 0 aliphatic carbocycles. The van der Waals surface area contributed by atoms with E-state index in [4.69, 9.17) is 10.7 Å². The summed E-state index contributed by atoms with van der Waals surface area (Å²) in [5, 5.41) is 7.15. The van der Waals surface area contributed by atoms with Crippen molar-refractivity contribution in [1.29, 1.82) is 0 Å². The molecule has 0 aromatic carbocycles. The van der Waals surface area contributed by atoms with Crippen molar-refractivity contribution in [1.82, 2.24) is 19.7 Å². The highest BCUT2D eigenvalue weighted by Crippen LogP contribution is 2.22. The van der Waals surface area contributed by atoms with Gasteiger partial charge in [-0.1, -0.05) is 13.8 Å². The number of halogens is 1. The molecule has 0 saturated heterocycles. The Morgan fingerprint density at radius 2 is 2.10 bits per heavy atom. The summed E-state index contributed by atoms with van der Waals surface area (Å²) in [6, 6.07) is 2.94. The first-order chi connectivity index (χ1) is 9.29. The lowest BCUT2D eigenvalue weighted by Gasteiger charge is -2.11. The second-order valence-electron chi connectivity index (χ2n) is 4.69. The third-order valence-electron chi connectivity index (χ3n) is 2.52. The maximum Gasteiger partial charge on any atom is 0.296 e. The van der Waals surface area contributed by atoms with E-state index in [1.54, 1.807) is 6.07 Å². The van der Waals surface area contributed by atoms with Gasteiger partial charge in [0, 0.05) is 35.1 Å². The maximum atomic E-state index is 11.5. The zero-order valence-electron chi connectivity index (χ0n) is 10.9. The third-order valence-corrected chi connectivity index (χ3v) is 3.67. The van der Waals surface area contributed by atoms with E-state index in [2.05, 4.69) is 15.2 Å². The lowest BCUT2D eigenvalue weighted by Crippen LogP contribution is -2.12. The van der Waals surface area contributed by atoms with E-state index in [1.165, 1.54) is 16.8 Å². The molecule has 0 bridgehead atoms. The monoisotopic (exact) mass is 316 g/mol. The van der Waals surface area contributed by atoms with Gasteiger partial charge in [0.25, 0.3) is 14.2 Å². The molecule has 2 rings (SSSR count). The maximum absolute atomic E-state index is 11.5. The smallest absolute Gasteiger partial charge is 0.296 e. The van der Waals surface area contributed by atoms with Crippen LogP contribution in [0, 0.1) is 5.92 Å². The van der Waals surface area contributed by atoms with Crippen molar-refractivity contribution in [2.75, 3.05) is 0 Å². The molecule has 0 aliphatic rings. The third kappa shape index (κ3) is 3.07. The molecule has 1 N–H and O–H groups in total. The molecule has 7 nitrogen and oxygen atoms in total. The predicted octanol–water partition coefficient (Wildman–Crippen LogP) is 1.22. The highest BCUT2D eigenvalue weighted by Gasteiger charge is 2.23. The molecule has 0 atom stereocenters. The van der Waals surface area contributed by atoms with Crippen LogP contribution in [0.4, 0.5) is 0 Å². The van der Waals surface area contributed by atoms with E-state index in [-0.39, 0.29) is 16.6 Å². The van der Waals surface area contributed by atoms with Crippen molar-refractivity contribution in [3.05, 3.63) is 28.7 Å². The average molecular weight is 317 g/mol. The highest BCUT2D eigenvalue weighted by atomic mass is 35.7. The fraction of sp³-hybridized carbons (Fsp3) is 0.364. The van der Waals surface area contributed by atoms with Gasteiger partial charge in [0.05, 0.1) is 0 Å². The molecule has 0 fully saturated rings. The molecule has 0 amide bonds. The summed E-state index contributed by atoms with van der Waals surface area (Å²) < 4.78 is 24.4. The van der Waals surface area contributed by atoms with Crippen LogP contribution in [-0.2, 0) is 15.6 Å². The molecule has 20 heavy (non-hydrogen) atoms. The number of hydrogen-bond acceptors (Lipinski definition) is 5. The molecule has 0 unspecified atom stereocenters. The number of nitrogens with zero attached hydrogens (tertiary/aromatic N) is 3. The number of aromatic amines is 1. The lowest BCUT2D eigenvalue weighted by atomic mass is 10.2. The number of aromatic nitrogens is 4. The second kappa shape index (κ2) is 5.37. The van der Waals surface area contributed by atoms with Crippen molar-refractivity contribution in [3.63, 3.8) is 0 Å². The van der Waals surface area contributed by atoms with E-state index in [0.717, 1.165) is 0 Å². The van der Waals surface area contributed by atoms with Gasteiger partial charge in [-0.3, -0.25) is 9.36 Å². The van der Waals surface area contributed by atoms with Crippen molar-refractivity contribution < 1.29 is 8.42 Å². The van der Waals surface area contributed by atoms with E-state index in [9.17, 15) is 13.2 Å². The van der Waals surface area contributed by atoms with E-state index in [0.29, 0.717) is 17.9 Å². The van der Waals surface area contributed by atoms with Gasteiger partial charge < -0.3 is 4.98 Å². The molecule has 0 aliphatic heterocycles. The van der Waals surface area contributed by atoms with Gasteiger partial charge in [0.15, 0.2) is 5.82 Å². The minimum absolute atomic E-state index is 0.156. The Labute approximate surface area is 120 Å². The topological polar surface area (TPSA) is 97.7 Å². The Bertz CT molecular complexity index is 779. The van der Waals surface area contributed by atoms with E-state index < -0.39 is 9.05 Å². The average Bonchev–Trinajstić information content (AvgIpc) is 2.71. The normalized spacial score (nSPS) is 12.0. The lowest BCUT2D eigenvalue weighted by molar-refractivity contribution is 0.488. The van der Waals surface area contributed by atoms with Gasteiger partial charge >= 0.3 is 0 Å². The molecular formula is C11H13ClN4O3S. The minimum Gasteiger partial charge on any atom is -0.329 e. The van der Waals surface area contributed by atoms with Crippen LogP contribution < -0.4 is 5.56 Å². The Morgan fingerprint density at radius 3 is 2.65 bits per heavy atom. The molecule has 0 spiro atoms. The summed E-state index contributed by atoms with van der Waals surface area (Å²) in [7, 11) is 1.36. The first kappa shape index (κ1) is 14.7. The van der Waals surface area contributed by atoms with Crippen molar-refractivity contribution >= 4 is 19.7 Å². The summed E-state index contributed by atoms with van der Waals surface area (Å²) in [5.41, 5.74) is 0.172. The van der Waals surface area contributed by atoms with Crippen molar-refractivity contribution in [3.8, 4) is 11.4 Å². The molecule has 2 heterocycles. The zero-order chi connectivity index (χ0) is 14.9. The van der Waals surface area contributed by atoms with Gasteiger partial charge in [-0.15, -0.1) is 10.2 Å². The van der Waals surface area contributed by atoms with E-state index in [1.807, 2.05) is 13.8 Å². The van der Waals surface area contributed by atoms with Crippen LogP contribution in [0.3, 0.4) is 0 Å². The van der Waals surface area contributed by atoms with Crippen LogP contribution in [0.2, 0.25) is 0 Å². The Balaban J connectivity index is 2.65. The van der Waals surface area contributed by atoms with Gasteiger partial charge in [-0.2, -0.15) is 0 Å². The SMILES string of the molecule is CC(C)Cn1c(-c2cc[nH]c(=O)c2)nnc1S(=O)(=O)Cl. The summed E-state index contributed by atoms with van der Waals surface area (Å²) in [5.74, 6) is 0.452. The fourth-order valence-corrected chi connectivity index (χ4v) is 2.70. The largest absolute Gasteiger partial charge is 0.329 e. The first-order valence-electron chi connectivity index (χ1n) is 5.86. The predicted molar refractivity (Wildman–Crippen MR) is 74.0 cm³/mol. The van der Waals surface area contributed by atoms with Gasteiger partial charge in [0.1, 0.15) is 0 Å². The molecule has 0 saturated carbocycles. The second-order valence-corrected chi connectivity index (χ2v) is 7.15. The van der Waals surface area contributed by atoms with Crippen LogP contribution in [0.1, 0.15) is 13.8 Å². The summed E-state index contributed by atoms with van der Waals surface area (Å²) in [6.45, 7) is 4.22. The summed E-state index contributed by atoms with van der Waals surface area (Å²) >= 11 is 0. The van der Waals surface area contributed by atoms with Crippen LogP contribution in [-0.4, -0.2) is 28.2 Å². The fourth-order valence-electron chi connectivity index (χ4n) is 1.80.